The Morgan fingerprint density at radius 1 is 1.15 bits per heavy atom. The van der Waals surface area contributed by atoms with E-state index < -0.39 is 0 Å². The summed E-state index contributed by atoms with van der Waals surface area (Å²) in [6.07, 6.45) is 11.7. The van der Waals surface area contributed by atoms with Gasteiger partial charge in [0.2, 0.25) is 0 Å². The minimum atomic E-state index is -0.371. The summed E-state index contributed by atoms with van der Waals surface area (Å²) in [7, 11) is 3.61. The number of likely N-dealkylation sites (N-methyl/N-ethyl adjacent to an activating group) is 1. The molecule has 0 amide bonds. The highest BCUT2D eigenvalue weighted by Gasteiger charge is 2.20. The van der Waals surface area contributed by atoms with Crippen molar-refractivity contribution in [2.75, 3.05) is 33.8 Å². The Morgan fingerprint density at radius 3 is 2.77 bits per heavy atom. The average Bonchev–Trinajstić information content (AvgIpc) is 2.67. The van der Waals surface area contributed by atoms with E-state index in [9.17, 15) is 4.39 Å². The maximum absolute atomic E-state index is 14.0. The zero-order valence-corrected chi connectivity index (χ0v) is 15.1. The minimum Gasteiger partial charge on any atom is -0.494 e. The highest BCUT2D eigenvalue weighted by molar-refractivity contribution is 6.00. The highest BCUT2D eigenvalue weighted by atomic mass is 19.1. The van der Waals surface area contributed by atoms with E-state index in [1.54, 1.807) is 6.07 Å². The van der Waals surface area contributed by atoms with Gasteiger partial charge in [0.1, 0.15) is 5.84 Å². The van der Waals surface area contributed by atoms with E-state index in [-0.39, 0.29) is 11.6 Å². The number of aliphatic imine (C=N–C) groups is 1. The zero-order chi connectivity index (χ0) is 18.1. The van der Waals surface area contributed by atoms with Gasteiger partial charge < -0.3 is 14.5 Å². The Kier molecular flexibility index (Phi) is 4.47. The second kappa shape index (κ2) is 6.92. The van der Waals surface area contributed by atoms with Crippen LogP contribution in [0.25, 0.3) is 5.70 Å². The monoisotopic (exact) mass is 351 g/mol. The molecule has 0 N–H and O–H groups in total. The highest BCUT2D eigenvalue weighted by Crippen LogP contribution is 2.28. The molecule has 0 unspecified atom stereocenters. The van der Waals surface area contributed by atoms with E-state index in [1.165, 1.54) is 24.3 Å². The van der Waals surface area contributed by atoms with Crippen molar-refractivity contribution in [1.29, 1.82) is 0 Å². The number of benzene rings is 1. The van der Waals surface area contributed by atoms with Gasteiger partial charge in [0.15, 0.2) is 11.6 Å². The van der Waals surface area contributed by atoms with Crippen molar-refractivity contribution in [3.63, 3.8) is 0 Å². The molecular formula is C21H22FN3O. The third kappa shape index (κ3) is 3.22. The Hall–Kier alpha value is -2.66. The summed E-state index contributed by atoms with van der Waals surface area (Å²) in [5.74, 6) is 0.760. The first-order valence-corrected chi connectivity index (χ1v) is 8.81. The molecule has 1 aromatic rings. The minimum absolute atomic E-state index is 0.246. The molecule has 0 atom stereocenters. The number of halogens is 1. The van der Waals surface area contributed by atoms with Crippen LogP contribution in [0.5, 0.6) is 5.75 Å². The summed E-state index contributed by atoms with van der Waals surface area (Å²) < 4.78 is 19.0. The molecule has 0 fully saturated rings. The number of ether oxygens (including phenoxy) is 1. The first kappa shape index (κ1) is 16.8. The smallest absolute Gasteiger partial charge is 0.165 e. The maximum Gasteiger partial charge on any atom is 0.165 e. The van der Waals surface area contributed by atoms with Crippen LogP contribution in [0.15, 0.2) is 64.8 Å². The molecule has 26 heavy (non-hydrogen) atoms. The molecule has 0 aliphatic carbocycles. The Morgan fingerprint density at radius 2 is 2.04 bits per heavy atom. The van der Waals surface area contributed by atoms with Crippen LogP contribution in [0.4, 0.5) is 4.39 Å². The fourth-order valence-electron chi connectivity index (χ4n) is 3.37. The van der Waals surface area contributed by atoms with Crippen LogP contribution in [0, 0.1) is 5.82 Å². The van der Waals surface area contributed by atoms with Crippen LogP contribution in [0.3, 0.4) is 0 Å². The van der Waals surface area contributed by atoms with Crippen molar-refractivity contribution in [3.8, 4) is 5.75 Å². The van der Waals surface area contributed by atoms with Crippen LogP contribution in [0.1, 0.15) is 12.0 Å². The van der Waals surface area contributed by atoms with Crippen molar-refractivity contribution >= 4 is 11.5 Å². The van der Waals surface area contributed by atoms with Gasteiger partial charge in [-0.05, 0) is 61.0 Å². The quantitative estimate of drug-likeness (QED) is 0.833. The third-order valence-electron chi connectivity index (χ3n) is 4.95. The van der Waals surface area contributed by atoms with Gasteiger partial charge in [-0.25, -0.2) is 9.38 Å². The fraction of sp³-hybridized carbons (Fsp3) is 0.286. The molecule has 3 heterocycles. The van der Waals surface area contributed by atoms with E-state index in [0.717, 1.165) is 43.2 Å². The number of rotatable bonds is 3. The van der Waals surface area contributed by atoms with E-state index in [1.807, 2.05) is 18.2 Å². The molecule has 3 aliphatic rings. The first-order chi connectivity index (χ1) is 12.6. The number of hydrogen-bond donors (Lipinski definition) is 0. The SMILES string of the molecule is COc1ccc(C2=CCN3C=C(C4=CCN(C)CC4)C=CC3=N2)cc1F. The number of methoxy groups -OCH3 is 1. The van der Waals surface area contributed by atoms with Gasteiger partial charge in [-0.2, -0.15) is 0 Å². The van der Waals surface area contributed by atoms with Gasteiger partial charge in [-0.15, -0.1) is 0 Å². The zero-order valence-electron chi connectivity index (χ0n) is 15.1. The van der Waals surface area contributed by atoms with Gasteiger partial charge in [0.05, 0.1) is 12.8 Å². The molecule has 0 radical (unpaired) electrons. The second-order valence-corrected chi connectivity index (χ2v) is 6.72. The van der Waals surface area contributed by atoms with E-state index >= 15 is 0 Å². The van der Waals surface area contributed by atoms with Gasteiger partial charge in [0, 0.05) is 31.4 Å². The Bertz CT molecular complexity index is 879. The summed E-state index contributed by atoms with van der Waals surface area (Å²) in [5.41, 5.74) is 4.20. The summed E-state index contributed by atoms with van der Waals surface area (Å²) in [6.45, 7) is 2.81. The van der Waals surface area contributed by atoms with Crippen molar-refractivity contribution < 1.29 is 9.13 Å². The summed E-state index contributed by atoms with van der Waals surface area (Å²) in [4.78, 5) is 9.15. The molecular weight excluding hydrogens is 329 g/mol. The molecule has 134 valence electrons. The van der Waals surface area contributed by atoms with E-state index in [2.05, 4.69) is 35.2 Å². The summed E-state index contributed by atoms with van der Waals surface area (Å²) in [6, 6.07) is 4.95. The van der Waals surface area contributed by atoms with Crippen LogP contribution in [0.2, 0.25) is 0 Å². The first-order valence-electron chi connectivity index (χ1n) is 8.81. The van der Waals surface area contributed by atoms with Gasteiger partial charge >= 0.3 is 0 Å². The second-order valence-electron chi connectivity index (χ2n) is 6.72. The van der Waals surface area contributed by atoms with Crippen molar-refractivity contribution in [3.05, 3.63) is 71.2 Å². The topological polar surface area (TPSA) is 28.1 Å². The molecule has 0 bridgehead atoms. The van der Waals surface area contributed by atoms with Crippen molar-refractivity contribution in [1.82, 2.24) is 9.80 Å². The third-order valence-corrected chi connectivity index (χ3v) is 4.95. The molecule has 0 saturated heterocycles. The fourth-order valence-corrected chi connectivity index (χ4v) is 3.37. The summed E-state index contributed by atoms with van der Waals surface area (Å²) >= 11 is 0. The molecule has 4 rings (SSSR count). The van der Waals surface area contributed by atoms with E-state index in [4.69, 9.17) is 9.73 Å². The van der Waals surface area contributed by atoms with Gasteiger partial charge in [0.25, 0.3) is 0 Å². The molecule has 0 aromatic heterocycles. The molecule has 5 heteroatoms. The number of amidine groups is 1. The lowest BCUT2D eigenvalue weighted by atomic mass is 9.98. The summed E-state index contributed by atoms with van der Waals surface area (Å²) in [5, 5.41) is 0. The lowest BCUT2D eigenvalue weighted by Gasteiger charge is -2.29. The molecule has 1 aromatic carbocycles. The Balaban J connectivity index is 1.54. The molecule has 0 spiro atoms. The Labute approximate surface area is 153 Å². The number of allylic oxidation sites excluding steroid dienone is 2. The van der Waals surface area contributed by atoms with Crippen LogP contribution in [-0.4, -0.2) is 49.4 Å². The molecule has 3 aliphatic heterocycles. The van der Waals surface area contributed by atoms with Crippen LogP contribution in [-0.2, 0) is 0 Å². The van der Waals surface area contributed by atoms with Crippen molar-refractivity contribution in [2.24, 2.45) is 4.99 Å². The van der Waals surface area contributed by atoms with Crippen molar-refractivity contribution in [2.45, 2.75) is 6.42 Å². The van der Waals surface area contributed by atoms with E-state index in [0.29, 0.717) is 0 Å². The number of nitrogens with zero attached hydrogens (tertiary/aromatic N) is 3. The predicted molar refractivity (Wildman–Crippen MR) is 102 cm³/mol. The lowest BCUT2D eigenvalue weighted by molar-refractivity contribution is 0.360. The van der Waals surface area contributed by atoms with Crippen LogP contribution >= 0.6 is 0 Å². The molecule has 4 nitrogen and oxygen atoms in total. The van der Waals surface area contributed by atoms with Gasteiger partial charge in [-0.1, -0.05) is 6.08 Å². The standard InChI is InChI=1S/C21H22FN3O/c1-24-10-7-15(8-11-24)17-4-6-21-23-19(9-12-25(21)14-17)16-3-5-20(26-2)18(22)13-16/h3-7,9,13-14H,8,10-12H2,1-2H3. The lowest BCUT2D eigenvalue weighted by Crippen LogP contribution is -2.30. The predicted octanol–water partition coefficient (Wildman–Crippen LogP) is 3.60. The normalized spacial score (nSPS) is 20.0. The van der Waals surface area contributed by atoms with Gasteiger partial charge in [-0.3, -0.25) is 0 Å². The number of hydrogen-bond acceptors (Lipinski definition) is 4. The maximum atomic E-state index is 14.0. The average molecular weight is 351 g/mol. The largest absolute Gasteiger partial charge is 0.494 e. The number of fused-ring (bicyclic) bond motifs is 1. The van der Waals surface area contributed by atoms with Crippen LogP contribution < -0.4 is 4.74 Å². The molecule has 0 saturated carbocycles.